The number of rotatable bonds is 5. The fraction of sp³-hybridized carbons (Fsp3) is 0.923. The largest absolute Gasteiger partial charge is 0.465 e. The van der Waals surface area contributed by atoms with Crippen molar-refractivity contribution in [3.63, 3.8) is 0 Å². The summed E-state index contributed by atoms with van der Waals surface area (Å²) in [5.41, 5.74) is 2.95. The van der Waals surface area contributed by atoms with Gasteiger partial charge in [0, 0.05) is 19.1 Å². The first kappa shape index (κ1) is 15.4. The molecule has 1 aliphatic heterocycles. The molecule has 1 aliphatic rings. The number of piperidine rings is 1. The molecule has 0 bridgehead atoms. The Morgan fingerprint density at radius 1 is 1.33 bits per heavy atom. The zero-order valence-corrected chi connectivity index (χ0v) is 12.0. The first-order chi connectivity index (χ1) is 8.40. The summed E-state index contributed by atoms with van der Waals surface area (Å²) in [5.74, 6) is -0.130. The molecule has 0 aromatic rings. The third-order valence-electron chi connectivity index (χ3n) is 2.78. The van der Waals surface area contributed by atoms with Crippen molar-refractivity contribution in [3.8, 4) is 0 Å². The zero-order chi connectivity index (χ0) is 13.6. The number of esters is 1. The van der Waals surface area contributed by atoms with Crippen molar-refractivity contribution >= 4 is 5.97 Å². The van der Waals surface area contributed by atoms with Crippen LogP contribution in [0.3, 0.4) is 0 Å². The van der Waals surface area contributed by atoms with Gasteiger partial charge >= 0.3 is 5.97 Å². The molecule has 0 amide bonds. The Morgan fingerprint density at radius 3 is 2.44 bits per heavy atom. The lowest BCUT2D eigenvalue weighted by atomic mass is 10.1. The molecule has 106 valence electrons. The SMILES string of the molecule is CCOC(=O)CN1CCC(NOC(C)(C)C)CC1. The lowest BCUT2D eigenvalue weighted by molar-refractivity contribution is -0.145. The van der Waals surface area contributed by atoms with E-state index >= 15 is 0 Å². The van der Waals surface area contributed by atoms with Crippen LogP contribution >= 0.6 is 0 Å². The highest BCUT2D eigenvalue weighted by Crippen LogP contribution is 2.12. The summed E-state index contributed by atoms with van der Waals surface area (Å²) < 4.78 is 4.94. The van der Waals surface area contributed by atoms with Crippen LogP contribution in [0, 0.1) is 0 Å². The van der Waals surface area contributed by atoms with Gasteiger partial charge in [-0.3, -0.25) is 14.5 Å². The quantitative estimate of drug-likeness (QED) is 0.595. The molecule has 0 aromatic carbocycles. The maximum atomic E-state index is 11.3. The van der Waals surface area contributed by atoms with Crippen molar-refractivity contribution in [1.82, 2.24) is 10.4 Å². The number of nitrogens with one attached hydrogen (secondary N) is 1. The van der Waals surface area contributed by atoms with Crippen LogP contribution in [0.15, 0.2) is 0 Å². The van der Waals surface area contributed by atoms with Gasteiger partial charge in [-0.05, 0) is 40.5 Å². The Labute approximate surface area is 110 Å². The molecule has 0 radical (unpaired) electrons. The van der Waals surface area contributed by atoms with E-state index in [4.69, 9.17) is 9.57 Å². The van der Waals surface area contributed by atoms with Gasteiger partial charge in [0.1, 0.15) is 0 Å². The van der Waals surface area contributed by atoms with Crippen LogP contribution in [0.1, 0.15) is 40.5 Å². The maximum absolute atomic E-state index is 11.3. The van der Waals surface area contributed by atoms with E-state index < -0.39 is 0 Å². The van der Waals surface area contributed by atoms with E-state index in [0.29, 0.717) is 19.2 Å². The molecular weight excluding hydrogens is 232 g/mol. The van der Waals surface area contributed by atoms with E-state index in [1.165, 1.54) is 0 Å². The van der Waals surface area contributed by atoms with E-state index in [1.54, 1.807) is 0 Å². The van der Waals surface area contributed by atoms with E-state index in [2.05, 4.69) is 10.4 Å². The van der Waals surface area contributed by atoms with Gasteiger partial charge in [-0.2, -0.15) is 5.48 Å². The van der Waals surface area contributed by atoms with Crippen LogP contribution in [-0.2, 0) is 14.4 Å². The van der Waals surface area contributed by atoms with E-state index in [9.17, 15) is 4.79 Å². The molecule has 5 heteroatoms. The topological polar surface area (TPSA) is 50.8 Å². The minimum Gasteiger partial charge on any atom is -0.465 e. The second-order valence-corrected chi connectivity index (χ2v) is 5.69. The summed E-state index contributed by atoms with van der Waals surface area (Å²) in [7, 11) is 0. The smallest absolute Gasteiger partial charge is 0.320 e. The molecule has 0 spiro atoms. The molecule has 5 nitrogen and oxygen atoms in total. The summed E-state index contributed by atoms with van der Waals surface area (Å²) in [4.78, 5) is 19.0. The normalized spacial score (nSPS) is 18.9. The van der Waals surface area contributed by atoms with Crippen molar-refractivity contribution in [2.45, 2.75) is 52.2 Å². The Kier molecular flexibility index (Phi) is 6.05. The van der Waals surface area contributed by atoms with Crippen molar-refractivity contribution in [2.24, 2.45) is 0 Å². The maximum Gasteiger partial charge on any atom is 0.320 e. The van der Waals surface area contributed by atoms with Gasteiger partial charge in [-0.15, -0.1) is 0 Å². The molecule has 0 aromatic heterocycles. The van der Waals surface area contributed by atoms with E-state index in [0.717, 1.165) is 25.9 Å². The minimum absolute atomic E-state index is 0.130. The predicted molar refractivity (Wildman–Crippen MR) is 70.1 cm³/mol. The molecule has 1 fully saturated rings. The van der Waals surface area contributed by atoms with Crippen molar-refractivity contribution < 1.29 is 14.4 Å². The van der Waals surface area contributed by atoms with Gasteiger partial charge < -0.3 is 4.74 Å². The first-order valence-electron chi connectivity index (χ1n) is 6.72. The fourth-order valence-electron chi connectivity index (χ4n) is 1.86. The summed E-state index contributed by atoms with van der Waals surface area (Å²) in [6.45, 7) is 10.6. The molecule has 0 unspecified atom stereocenters. The molecular formula is C13H26N2O3. The summed E-state index contributed by atoms with van der Waals surface area (Å²) in [6, 6.07) is 0.377. The molecule has 18 heavy (non-hydrogen) atoms. The van der Waals surface area contributed by atoms with Crippen molar-refractivity contribution in [1.29, 1.82) is 0 Å². The standard InChI is InChI=1S/C13H26N2O3/c1-5-17-12(16)10-15-8-6-11(7-9-15)14-18-13(2,3)4/h11,14H,5-10H2,1-4H3. The number of hydroxylamine groups is 1. The Balaban J connectivity index is 2.18. The molecule has 0 saturated carbocycles. The number of hydrogen-bond donors (Lipinski definition) is 1. The molecule has 0 aliphatic carbocycles. The minimum atomic E-state index is -0.165. The van der Waals surface area contributed by atoms with Gasteiger partial charge in [-0.1, -0.05) is 0 Å². The molecule has 1 rings (SSSR count). The van der Waals surface area contributed by atoms with Gasteiger partial charge in [0.25, 0.3) is 0 Å². The average molecular weight is 258 g/mol. The lowest BCUT2D eigenvalue weighted by Crippen LogP contribution is -2.46. The second-order valence-electron chi connectivity index (χ2n) is 5.69. The van der Waals surface area contributed by atoms with E-state index in [1.807, 2.05) is 27.7 Å². The number of likely N-dealkylation sites (tertiary alicyclic amines) is 1. The van der Waals surface area contributed by atoms with E-state index in [-0.39, 0.29) is 11.6 Å². The third kappa shape index (κ3) is 6.33. The number of carbonyl (C=O) groups excluding carboxylic acids is 1. The lowest BCUT2D eigenvalue weighted by Gasteiger charge is -2.33. The molecule has 1 saturated heterocycles. The zero-order valence-electron chi connectivity index (χ0n) is 12.0. The Hall–Kier alpha value is -0.650. The van der Waals surface area contributed by atoms with Crippen LogP contribution in [0.2, 0.25) is 0 Å². The highest BCUT2D eigenvalue weighted by Gasteiger charge is 2.22. The van der Waals surface area contributed by atoms with Crippen LogP contribution in [0.25, 0.3) is 0 Å². The monoisotopic (exact) mass is 258 g/mol. The number of nitrogens with zero attached hydrogens (tertiary/aromatic N) is 1. The summed E-state index contributed by atoms with van der Waals surface area (Å²) in [5, 5.41) is 0. The van der Waals surface area contributed by atoms with Gasteiger partial charge in [0.15, 0.2) is 0 Å². The van der Waals surface area contributed by atoms with Gasteiger partial charge in [0.2, 0.25) is 0 Å². The van der Waals surface area contributed by atoms with Crippen molar-refractivity contribution in [3.05, 3.63) is 0 Å². The van der Waals surface area contributed by atoms with Crippen LogP contribution < -0.4 is 5.48 Å². The highest BCUT2D eigenvalue weighted by molar-refractivity contribution is 5.71. The first-order valence-corrected chi connectivity index (χ1v) is 6.72. The van der Waals surface area contributed by atoms with Gasteiger partial charge in [0.05, 0.1) is 18.8 Å². The molecule has 1 heterocycles. The predicted octanol–water partition coefficient (Wildman–Crippen LogP) is 1.33. The molecule has 1 N–H and O–H groups in total. The fourth-order valence-corrected chi connectivity index (χ4v) is 1.86. The third-order valence-corrected chi connectivity index (χ3v) is 2.78. The highest BCUT2D eigenvalue weighted by atomic mass is 16.7. The summed E-state index contributed by atoms with van der Waals surface area (Å²) >= 11 is 0. The summed E-state index contributed by atoms with van der Waals surface area (Å²) in [6.07, 6.45) is 1.99. The van der Waals surface area contributed by atoms with Gasteiger partial charge in [-0.25, -0.2) is 0 Å². The van der Waals surface area contributed by atoms with Crippen LogP contribution in [0.5, 0.6) is 0 Å². The number of ether oxygens (including phenoxy) is 1. The van der Waals surface area contributed by atoms with Crippen LogP contribution in [0.4, 0.5) is 0 Å². The average Bonchev–Trinajstić information content (AvgIpc) is 2.27. The van der Waals surface area contributed by atoms with Crippen molar-refractivity contribution in [2.75, 3.05) is 26.2 Å². The Bertz CT molecular complexity index is 255. The number of hydrogen-bond acceptors (Lipinski definition) is 5. The Morgan fingerprint density at radius 2 is 1.94 bits per heavy atom. The second kappa shape index (κ2) is 7.07. The molecule has 0 atom stereocenters. The number of carbonyl (C=O) groups is 1. The van der Waals surface area contributed by atoms with Crippen LogP contribution in [-0.4, -0.2) is 48.8 Å².